The zero-order valence-electron chi connectivity index (χ0n) is 19.0. The van der Waals surface area contributed by atoms with Crippen molar-refractivity contribution in [3.05, 3.63) is 74.7 Å². The Hall–Kier alpha value is -2.14. The van der Waals surface area contributed by atoms with E-state index in [2.05, 4.69) is 46.4 Å². The van der Waals surface area contributed by atoms with Crippen molar-refractivity contribution < 1.29 is 13.9 Å². The Morgan fingerprint density at radius 1 is 1.31 bits per heavy atom. The summed E-state index contributed by atoms with van der Waals surface area (Å²) in [5.41, 5.74) is 5.67. The Morgan fingerprint density at radius 2 is 2.12 bits per heavy atom. The van der Waals surface area contributed by atoms with Crippen LogP contribution < -0.4 is 5.32 Å². The minimum atomic E-state index is -0.504. The predicted octanol–water partition coefficient (Wildman–Crippen LogP) is 6.99. The molecule has 0 radical (unpaired) electrons. The Bertz CT molecular complexity index is 1010. The van der Waals surface area contributed by atoms with Crippen molar-refractivity contribution in [1.82, 2.24) is 5.32 Å². The first-order chi connectivity index (χ1) is 15.4. The number of carbonyl (C=O) groups excluding carboxylic acids is 1. The lowest BCUT2D eigenvalue weighted by Gasteiger charge is -2.34. The number of allylic oxidation sites excluding steroid dienone is 5. The summed E-state index contributed by atoms with van der Waals surface area (Å²) in [6.45, 7) is 4.20. The number of hydrogen-bond acceptors (Lipinski definition) is 3. The van der Waals surface area contributed by atoms with Crippen LogP contribution in [0.4, 0.5) is 4.39 Å². The number of esters is 1. The lowest BCUT2D eigenvalue weighted by molar-refractivity contribution is 0.0600. The third kappa shape index (κ3) is 4.78. The van der Waals surface area contributed by atoms with Crippen LogP contribution in [0.5, 0.6) is 0 Å². The van der Waals surface area contributed by atoms with E-state index in [-0.39, 0.29) is 11.4 Å². The summed E-state index contributed by atoms with van der Waals surface area (Å²) in [6, 6.07) is 3.44. The molecule has 0 saturated heterocycles. The van der Waals surface area contributed by atoms with Gasteiger partial charge in [-0.25, -0.2) is 9.18 Å². The topological polar surface area (TPSA) is 38.3 Å². The van der Waals surface area contributed by atoms with Crippen molar-refractivity contribution in [2.24, 2.45) is 11.8 Å². The molecule has 32 heavy (non-hydrogen) atoms. The summed E-state index contributed by atoms with van der Waals surface area (Å²) in [5, 5.41) is 3.48. The molecule has 4 rings (SSSR count). The van der Waals surface area contributed by atoms with Crippen molar-refractivity contribution in [2.75, 3.05) is 7.11 Å². The number of dihydropyridines is 1. The van der Waals surface area contributed by atoms with Crippen molar-refractivity contribution >= 4 is 27.5 Å². The van der Waals surface area contributed by atoms with E-state index in [1.807, 2.05) is 13.1 Å². The first kappa shape index (κ1) is 23.0. The van der Waals surface area contributed by atoms with Gasteiger partial charge in [0.15, 0.2) is 0 Å². The molecule has 3 unspecified atom stereocenters. The number of hydrogen-bond donors (Lipinski definition) is 1. The average Bonchev–Trinajstić information content (AvgIpc) is 2.99. The van der Waals surface area contributed by atoms with Gasteiger partial charge >= 0.3 is 5.97 Å². The number of aryl methyl sites for hydroxylation is 1. The molecule has 0 aromatic heterocycles. The third-order valence-electron chi connectivity index (χ3n) is 7.08. The van der Waals surface area contributed by atoms with E-state index in [1.165, 1.54) is 28.8 Å². The highest BCUT2D eigenvalue weighted by molar-refractivity contribution is 9.11. The van der Waals surface area contributed by atoms with Crippen LogP contribution in [0.3, 0.4) is 0 Å². The number of carbonyl (C=O) groups is 1. The monoisotopic (exact) mass is 499 g/mol. The molecule has 3 atom stereocenters. The molecule has 0 bridgehead atoms. The minimum Gasteiger partial charge on any atom is -0.465 e. The number of methoxy groups -OCH3 is 1. The van der Waals surface area contributed by atoms with Crippen LogP contribution in [0, 0.1) is 24.6 Å². The standard InChI is InChI=1S/C27H31BrFNO2/c1-16-12-25-22(23(28)9-10-30-25)14-20(16)13-18-5-4-6-19(8-7-18)26-17(2)11-21(15-24(26)29)27(31)32-3/h6,9-11,14-16,18,25,30H,4-5,7-8,12-13H2,1-3H3. The van der Waals surface area contributed by atoms with Crippen LogP contribution in [0.15, 0.2) is 52.2 Å². The second-order valence-corrected chi connectivity index (χ2v) is 10.1. The molecule has 2 aliphatic carbocycles. The van der Waals surface area contributed by atoms with E-state index in [0.29, 0.717) is 23.4 Å². The van der Waals surface area contributed by atoms with Gasteiger partial charge in [0, 0.05) is 10.0 Å². The number of halogens is 2. The number of benzene rings is 1. The van der Waals surface area contributed by atoms with Gasteiger partial charge in [-0.15, -0.1) is 0 Å². The van der Waals surface area contributed by atoms with Gasteiger partial charge in [-0.05, 0) is 98.4 Å². The van der Waals surface area contributed by atoms with Gasteiger partial charge in [0.1, 0.15) is 5.82 Å². The third-order valence-corrected chi connectivity index (χ3v) is 7.81. The fraction of sp³-hybridized carbons (Fsp3) is 0.444. The van der Waals surface area contributed by atoms with E-state index in [4.69, 9.17) is 4.74 Å². The fourth-order valence-corrected chi connectivity index (χ4v) is 5.83. The summed E-state index contributed by atoms with van der Waals surface area (Å²) in [5.74, 6) is 0.317. The smallest absolute Gasteiger partial charge is 0.337 e. The summed E-state index contributed by atoms with van der Waals surface area (Å²) >= 11 is 3.72. The molecule has 1 N–H and O–H groups in total. The predicted molar refractivity (Wildman–Crippen MR) is 131 cm³/mol. The highest BCUT2D eigenvalue weighted by Gasteiger charge is 2.28. The lowest BCUT2D eigenvalue weighted by Crippen LogP contribution is -2.34. The van der Waals surface area contributed by atoms with Gasteiger partial charge in [-0.3, -0.25) is 0 Å². The molecule has 170 valence electrons. The van der Waals surface area contributed by atoms with Crippen molar-refractivity contribution in [1.29, 1.82) is 0 Å². The van der Waals surface area contributed by atoms with Gasteiger partial charge in [0.2, 0.25) is 0 Å². The highest BCUT2D eigenvalue weighted by atomic mass is 79.9. The summed E-state index contributed by atoms with van der Waals surface area (Å²) in [4.78, 5) is 11.8. The van der Waals surface area contributed by atoms with E-state index in [0.717, 1.165) is 49.7 Å². The van der Waals surface area contributed by atoms with E-state index < -0.39 is 5.97 Å². The van der Waals surface area contributed by atoms with Gasteiger partial charge in [-0.2, -0.15) is 0 Å². The van der Waals surface area contributed by atoms with Gasteiger partial charge in [0.05, 0.1) is 18.7 Å². The molecule has 0 fully saturated rings. The molecule has 0 saturated carbocycles. The van der Waals surface area contributed by atoms with Crippen LogP contribution in [-0.4, -0.2) is 19.1 Å². The second-order valence-electron chi connectivity index (χ2n) is 9.27. The Balaban J connectivity index is 1.47. The highest BCUT2D eigenvalue weighted by Crippen LogP contribution is 2.40. The van der Waals surface area contributed by atoms with Crippen LogP contribution >= 0.6 is 15.9 Å². The second kappa shape index (κ2) is 9.78. The number of ether oxygens (including phenoxy) is 1. The molecular weight excluding hydrogens is 469 g/mol. The van der Waals surface area contributed by atoms with E-state index in [9.17, 15) is 9.18 Å². The normalized spacial score (nSPS) is 25.3. The Kier molecular flexibility index (Phi) is 7.04. The van der Waals surface area contributed by atoms with E-state index >= 15 is 0 Å². The largest absolute Gasteiger partial charge is 0.465 e. The minimum absolute atomic E-state index is 0.266. The maximum Gasteiger partial charge on any atom is 0.337 e. The van der Waals surface area contributed by atoms with Crippen molar-refractivity contribution in [3.8, 4) is 0 Å². The average molecular weight is 500 g/mol. The van der Waals surface area contributed by atoms with Crippen LogP contribution in [0.25, 0.3) is 5.57 Å². The Morgan fingerprint density at radius 3 is 2.88 bits per heavy atom. The molecule has 1 aliphatic heterocycles. The zero-order chi connectivity index (χ0) is 22.8. The maximum absolute atomic E-state index is 15.0. The molecular formula is C27H31BrFNO2. The molecule has 3 aliphatic rings. The summed E-state index contributed by atoms with van der Waals surface area (Å²) < 4.78 is 20.9. The number of fused-ring (bicyclic) bond motifs is 1. The van der Waals surface area contributed by atoms with Crippen molar-refractivity contribution in [2.45, 2.75) is 58.4 Å². The van der Waals surface area contributed by atoms with Gasteiger partial charge < -0.3 is 10.1 Å². The van der Waals surface area contributed by atoms with Crippen molar-refractivity contribution in [3.63, 3.8) is 0 Å². The SMILES string of the molecule is COC(=O)c1cc(C)c(C2=CCCC(CC3=CC4=C(Br)C=CNC4CC3C)CC2)c(F)c1. The molecule has 0 spiro atoms. The molecule has 1 aromatic rings. The first-order valence-corrected chi connectivity index (χ1v) is 12.3. The zero-order valence-corrected chi connectivity index (χ0v) is 20.6. The van der Waals surface area contributed by atoms with Crippen LogP contribution in [-0.2, 0) is 4.74 Å². The molecule has 1 heterocycles. The van der Waals surface area contributed by atoms with Gasteiger partial charge in [-0.1, -0.05) is 40.6 Å². The van der Waals surface area contributed by atoms with Gasteiger partial charge in [0.25, 0.3) is 0 Å². The summed E-state index contributed by atoms with van der Waals surface area (Å²) in [7, 11) is 1.32. The van der Waals surface area contributed by atoms with E-state index in [1.54, 1.807) is 6.07 Å². The summed E-state index contributed by atoms with van der Waals surface area (Å²) in [6.07, 6.45) is 14.9. The first-order valence-electron chi connectivity index (χ1n) is 11.5. The van der Waals surface area contributed by atoms with Crippen LogP contribution in [0.2, 0.25) is 0 Å². The number of nitrogens with one attached hydrogen (secondary N) is 1. The fourth-order valence-electron chi connectivity index (χ4n) is 5.31. The van der Waals surface area contributed by atoms with Crippen LogP contribution in [0.1, 0.15) is 66.9 Å². The molecule has 0 amide bonds. The quantitative estimate of drug-likeness (QED) is 0.453. The molecule has 3 nitrogen and oxygen atoms in total. The number of rotatable bonds is 4. The molecule has 1 aromatic carbocycles. The molecule has 5 heteroatoms. The lowest BCUT2D eigenvalue weighted by atomic mass is 9.77. The maximum atomic E-state index is 15.0. The Labute approximate surface area is 198 Å².